The molecule has 0 unspecified atom stereocenters. The fourth-order valence-electron chi connectivity index (χ4n) is 6.84. The second-order valence-electron chi connectivity index (χ2n) is 8.91. The highest BCUT2D eigenvalue weighted by Crippen LogP contribution is 2.63. The van der Waals surface area contributed by atoms with E-state index < -0.39 is 0 Å². The fourth-order valence-corrected chi connectivity index (χ4v) is 6.84. The SMILES string of the molecule is C[C@]12CC[C@@H]3[C@@H](CC[C@]4(C)C(=O)CC[C@@H]34)[C@@H]1CCC(=O)C2. The molecule has 0 radical (unpaired) electrons. The number of hydrogen-bond donors (Lipinski definition) is 0. The average molecular weight is 288 g/mol. The summed E-state index contributed by atoms with van der Waals surface area (Å²) >= 11 is 0. The van der Waals surface area contributed by atoms with Crippen LogP contribution < -0.4 is 0 Å². The summed E-state index contributed by atoms with van der Waals surface area (Å²) < 4.78 is 0. The molecular formula is C19H28O2. The maximum absolute atomic E-state index is 12.3. The Hall–Kier alpha value is -0.660. The molecule has 116 valence electrons. The normalized spacial score (nSPS) is 53.0. The molecule has 4 aliphatic carbocycles. The largest absolute Gasteiger partial charge is 0.300 e. The number of hydrogen-bond acceptors (Lipinski definition) is 2. The third-order valence-corrected chi connectivity index (χ3v) is 8.00. The molecule has 6 atom stereocenters. The van der Waals surface area contributed by atoms with E-state index in [0.29, 0.717) is 17.5 Å². The van der Waals surface area contributed by atoms with Crippen molar-refractivity contribution in [2.45, 2.75) is 71.6 Å². The van der Waals surface area contributed by atoms with E-state index in [1.807, 2.05) is 0 Å². The Bertz CT molecular complexity index is 496. The predicted octanol–water partition coefficient (Wildman–Crippen LogP) is 4.17. The molecule has 2 nitrogen and oxygen atoms in total. The molecule has 2 heteroatoms. The number of rotatable bonds is 0. The molecular weight excluding hydrogens is 260 g/mol. The summed E-state index contributed by atoms with van der Waals surface area (Å²) in [6.07, 6.45) is 9.53. The van der Waals surface area contributed by atoms with Crippen molar-refractivity contribution in [2.24, 2.45) is 34.5 Å². The zero-order valence-electron chi connectivity index (χ0n) is 13.5. The van der Waals surface area contributed by atoms with Gasteiger partial charge in [0.15, 0.2) is 0 Å². The molecule has 0 aliphatic heterocycles. The monoisotopic (exact) mass is 288 g/mol. The van der Waals surface area contributed by atoms with Crippen molar-refractivity contribution >= 4 is 11.6 Å². The molecule has 0 aromatic carbocycles. The van der Waals surface area contributed by atoms with E-state index in [0.717, 1.165) is 56.3 Å². The number of ketones is 2. The maximum atomic E-state index is 12.3. The molecule has 4 aliphatic rings. The van der Waals surface area contributed by atoms with Crippen LogP contribution in [0, 0.1) is 34.5 Å². The lowest BCUT2D eigenvalue weighted by molar-refractivity contribution is -0.140. The van der Waals surface area contributed by atoms with E-state index in [2.05, 4.69) is 13.8 Å². The van der Waals surface area contributed by atoms with Crippen LogP contribution in [0.4, 0.5) is 0 Å². The summed E-state index contributed by atoms with van der Waals surface area (Å²) in [6, 6.07) is 0. The zero-order chi connectivity index (χ0) is 14.8. The zero-order valence-corrected chi connectivity index (χ0v) is 13.5. The van der Waals surface area contributed by atoms with Crippen molar-refractivity contribution in [3.63, 3.8) is 0 Å². The first kappa shape index (κ1) is 14.0. The Morgan fingerprint density at radius 1 is 0.857 bits per heavy atom. The number of carbonyl (C=O) groups is 2. The third kappa shape index (κ3) is 1.83. The van der Waals surface area contributed by atoms with E-state index in [1.165, 1.54) is 19.3 Å². The summed E-state index contributed by atoms with van der Waals surface area (Å²) in [5.41, 5.74) is 0.270. The first-order chi connectivity index (χ1) is 9.94. The van der Waals surface area contributed by atoms with Crippen molar-refractivity contribution in [3.8, 4) is 0 Å². The van der Waals surface area contributed by atoms with Crippen molar-refractivity contribution in [2.75, 3.05) is 0 Å². The highest BCUT2D eigenvalue weighted by molar-refractivity contribution is 5.87. The first-order valence-electron chi connectivity index (χ1n) is 8.99. The first-order valence-corrected chi connectivity index (χ1v) is 8.99. The predicted molar refractivity (Wildman–Crippen MR) is 81.7 cm³/mol. The van der Waals surface area contributed by atoms with Gasteiger partial charge in [-0.1, -0.05) is 13.8 Å². The van der Waals surface area contributed by atoms with Crippen LogP contribution >= 0.6 is 0 Å². The van der Waals surface area contributed by atoms with Crippen LogP contribution in [0.1, 0.15) is 71.6 Å². The molecule has 0 N–H and O–H groups in total. The topological polar surface area (TPSA) is 34.1 Å². The second kappa shape index (κ2) is 4.43. The van der Waals surface area contributed by atoms with Crippen LogP contribution in [0.15, 0.2) is 0 Å². The van der Waals surface area contributed by atoms with E-state index in [-0.39, 0.29) is 10.8 Å². The van der Waals surface area contributed by atoms with E-state index in [4.69, 9.17) is 0 Å². The van der Waals surface area contributed by atoms with Gasteiger partial charge >= 0.3 is 0 Å². The molecule has 0 aromatic heterocycles. The number of Topliss-reactive ketones (excluding diaryl/α,β-unsaturated/α-hetero) is 2. The van der Waals surface area contributed by atoms with Crippen molar-refractivity contribution < 1.29 is 9.59 Å². The van der Waals surface area contributed by atoms with E-state index in [9.17, 15) is 9.59 Å². The number of fused-ring (bicyclic) bond motifs is 5. The molecule has 0 heterocycles. The van der Waals surface area contributed by atoms with Gasteiger partial charge in [-0.2, -0.15) is 0 Å². The Labute approximate surface area is 128 Å². The summed E-state index contributed by atoms with van der Waals surface area (Å²) in [6.45, 7) is 4.62. The lowest BCUT2D eigenvalue weighted by Crippen LogP contribution is -2.52. The third-order valence-electron chi connectivity index (χ3n) is 8.00. The molecule has 0 saturated heterocycles. The van der Waals surface area contributed by atoms with Crippen LogP contribution in [0.5, 0.6) is 0 Å². The van der Waals surface area contributed by atoms with Crippen molar-refractivity contribution in [3.05, 3.63) is 0 Å². The quantitative estimate of drug-likeness (QED) is 0.670. The molecule has 4 rings (SSSR count). The highest BCUT2D eigenvalue weighted by atomic mass is 16.1. The molecule has 0 aromatic rings. The fraction of sp³-hybridized carbons (Fsp3) is 0.895. The smallest absolute Gasteiger partial charge is 0.139 e. The molecule has 0 amide bonds. The van der Waals surface area contributed by atoms with Crippen LogP contribution in [0.3, 0.4) is 0 Å². The lowest BCUT2D eigenvalue weighted by atomic mass is 9.47. The van der Waals surface area contributed by atoms with Gasteiger partial charge in [-0.25, -0.2) is 0 Å². The molecule has 4 saturated carbocycles. The van der Waals surface area contributed by atoms with E-state index in [1.54, 1.807) is 0 Å². The van der Waals surface area contributed by atoms with Crippen LogP contribution in [-0.2, 0) is 9.59 Å². The molecule has 0 spiro atoms. The minimum absolute atomic E-state index is 0.000601. The van der Waals surface area contributed by atoms with Crippen molar-refractivity contribution in [1.82, 2.24) is 0 Å². The lowest BCUT2D eigenvalue weighted by Gasteiger charge is -2.57. The van der Waals surface area contributed by atoms with Gasteiger partial charge in [0.1, 0.15) is 11.6 Å². The second-order valence-corrected chi connectivity index (χ2v) is 8.91. The summed E-state index contributed by atoms with van der Waals surface area (Å²) in [7, 11) is 0. The van der Waals surface area contributed by atoms with Crippen LogP contribution in [0.2, 0.25) is 0 Å². The highest BCUT2D eigenvalue weighted by Gasteiger charge is 2.59. The Kier molecular flexibility index (Phi) is 2.94. The summed E-state index contributed by atoms with van der Waals surface area (Å²) in [5.74, 6) is 3.98. The molecule has 21 heavy (non-hydrogen) atoms. The molecule has 0 bridgehead atoms. The standard InChI is InChI=1S/C19H28O2/c1-18-9-7-14-13(15(18)4-3-12(20)11-18)8-10-19(2)16(14)5-6-17(19)21/h13-16H,3-11H2,1-2H3/t13-,14-,15+,16+,18-,19+/m1/s1. The van der Waals surface area contributed by atoms with Crippen LogP contribution in [0.25, 0.3) is 0 Å². The summed E-state index contributed by atoms with van der Waals surface area (Å²) in [4.78, 5) is 24.3. The minimum atomic E-state index is -0.000601. The van der Waals surface area contributed by atoms with Crippen LogP contribution in [-0.4, -0.2) is 11.6 Å². The Morgan fingerprint density at radius 2 is 1.52 bits per heavy atom. The maximum Gasteiger partial charge on any atom is 0.139 e. The Morgan fingerprint density at radius 3 is 2.33 bits per heavy atom. The van der Waals surface area contributed by atoms with Gasteiger partial charge in [0.05, 0.1) is 0 Å². The average Bonchev–Trinajstić information content (AvgIpc) is 2.73. The Balaban J connectivity index is 1.63. The van der Waals surface area contributed by atoms with Crippen molar-refractivity contribution in [1.29, 1.82) is 0 Å². The summed E-state index contributed by atoms with van der Waals surface area (Å²) in [5, 5.41) is 0. The van der Waals surface area contributed by atoms with Gasteiger partial charge in [0.2, 0.25) is 0 Å². The van der Waals surface area contributed by atoms with Gasteiger partial charge in [-0.05, 0) is 67.6 Å². The van der Waals surface area contributed by atoms with Gasteiger partial charge in [-0.3, -0.25) is 9.59 Å². The van der Waals surface area contributed by atoms with Gasteiger partial charge in [-0.15, -0.1) is 0 Å². The minimum Gasteiger partial charge on any atom is -0.300 e. The van der Waals surface area contributed by atoms with E-state index >= 15 is 0 Å². The number of carbonyl (C=O) groups excluding carboxylic acids is 2. The van der Waals surface area contributed by atoms with Gasteiger partial charge in [0.25, 0.3) is 0 Å². The van der Waals surface area contributed by atoms with Gasteiger partial charge in [0, 0.05) is 24.7 Å². The van der Waals surface area contributed by atoms with Gasteiger partial charge < -0.3 is 0 Å². The molecule has 4 fully saturated rings.